The molecule has 8 nitrogen and oxygen atoms in total. The summed E-state index contributed by atoms with van der Waals surface area (Å²) >= 11 is 0. The summed E-state index contributed by atoms with van der Waals surface area (Å²) < 4.78 is 5.30. The molecule has 1 fully saturated rings. The number of nitrogen functional groups attached to an aromatic ring is 1. The Morgan fingerprint density at radius 2 is 2.41 bits per heavy atom. The molecule has 1 saturated carbocycles. The molecule has 0 amide bonds. The molecule has 0 aromatic carbocycles. The zero-order valence-electron chi connectivity index (χ0n) is 9.13. The van der Waals surface area contributed by atoms with E-state index in [0.717, 1.165) is 12.6 Å². The average Bonchev–Trinajstić information content (AvgIpc) is 3.12. The standard InChI is InChI=1S/C9H13N5O3/c10-13-9-11-5-7(14(15)16)8(12-9)17-4-3-6-1-2-6/h5-6H,1-4,10H2,(H,11,12,13). The number of nitrogens with one attached hydrogen (secondary N) is 1. The van der Waals surface area contributed by atoms with E-state index in [1.807, 2.05) is 0 Å². The molecule has 0 saturated heterocycles. The van der Waals surface area contributed by atoms with Gasteiger partial charge in [0.25, 0.3) is 5.88 Å². The van der Waals surface area contributed by atoms with Gasteiger partial charge in [0.05, 0.1) is 11.5 Å². The molecule has 1 heterocycles. The number of rotatable bonds is 6. The molecule has 0 radical (unpaired) electrons. The van der Waals surface area contributed by atoms with Crippen LogP contribution in [0.5, 0.6) is 5.88 Å². The molecular formula is C9H13N5O3. The van der Waals surface area contributed by atoms with Crippen LogP contribution in [0.1, 0.15) is 19.3 Å². The molecule has 1 aliphatic carbocycles. The number of aromatic nitrogens is 2. The summed E-state index contributed by atoms with van der Waals surface area (Å²) in [5, 5.41) is 10.7. The van der Waals surface area contributed by atoms with Crippen LogP contribution in [0.15, 0.2) is 6.20 Å². The lowest BCUT2D eigenvalue weighted by Crippen LogP contribution is -2.12. The van der Waals surface area contributed by atoms with E-state index in [1.54, 1.807) is 0 Å². The molecule has 1 aliphatic rings. The summed E-state index contributed by atoms with van der Waals surface area (Å²) in [5.41, 5.74) is 1.97. The Hall–Kier alpha value is -1.96. The summed E-state index contributed by atoms with van der Waals surface area (Å²) in [6, 6.07) is 0. The van der Waals surface area contributed by atoms with Crippen molar-refractivity contribution < 1.29 is 9.66 Å². The average molecular weight is 239 g/mol. The van der Waals surface area contributed by atoms with E-state index in [-0.39, 0.29) is 17.5 Å². The van der Waals surface area contributed by atoms with Crippen molar-refractivity contribution in [1.82, 2.24) is 9.97 Å². The lowest BCUT2D eigenvalue weighted by atomic mass is 10.3. The van der Waals surface area contributed by atoms with Crippen molar-refractivity contribution in [3.8, 4) is 5.88 Å². The Balaban J connectivity index is 2.06. The Morgan fingerprint density at radius 3 is 3.00 bits per heavy atom. The van der Waals surface area contributed by atoms with E-state index in [1.165, 1.54) is 12.8 Å². The largest absolute Gasteiger partial charge is 0.473 e. The number of nitrogens with two attached hydrogens (primary N) is 1. The van der Waals surface area contributed by atoms with Crippen molar-refractivity contribution in [3.05, 3.63) is 16.3 Å². The molecule has 0 atom stereocenters. The first-order valence-electron chi connectivity index (χ1n) is 5.31. The number of hydrogen-bond acceptors (Lipinski definition) is 7. The van der Waals surface area contributed by atoms with Crippen LogP contribution in [0.3, 0.4) is 0 Å². The van der Waals surface area contributed by atoms with Gasteiger partial charge in [0, 0.05) is 0 Å². The van der Waals surface area contributed by atoms with Gasteiger partial charge in [-0.15, -0.1) is 0 Å². The van der Waals surface area contributed by atoms with Gasteiger partial charge in [0.2, 0.25) is 5.95 Å². The van der Waals surface area contributed by atoms with Crippen molar-refractivity contribution in [2.24, 2.45) is 11.8 Å². The first kappa shape index (κ1) is 11.5. The van der Waals surface area contributed by atoms with E-state index in [4.69, 9.17) is 10.6 Å². The highest BCUT2D eigenvalue weighted by Gasteiger charge is 2.23. The first-order chi connectivity index (χ1) is 8.20. The lowest BCUT2D eigenvalue weighted by Gasteiger charge is -2.06. The maximum Gasteiger partial charge on any atom is 0.349 e. The monoisotopic (exact) mass is 239 g/mol. The molecule has 17 heavy (non-hydrogen) atoms. The third kappa shape index (κ3) is 3.00. The third-order valence-corrected chi connectivity index (χ3v) is 2.52. The Morgan fingerprint density at radius 1 is 1.65 bits per heavy atom. The molecule has 0 aliphatic heterocycles. The molecule has 0 unspecified atom stereocenters. The summed E-state index contributed by atoms with van der Waals surface area (Å²) in [6.45, 7) is 0.423. The van der Waals surface area contributed by atoms with E-state index in [9.17, 15) is 10.1 Å². The Kier molecular flexibility index (Phi) is 3.33. The molecular weight excluding hydrogens is 226 g/mol. The second-order valence-corrected chi connectivity index (χ2v) is 3.87. The maximum atomic E-state index is 10.7. The van der Waals surface area contributed by atoms with Gasteiger partial charge in [-0.2, -0.15) is 4.98 Å². The summed E-state index contributed by atoms with van der Waals surface area (Å²) in [6.07, 6.45) is 4.40. The minimum Gasteiger partial charge on any atom is -0.473 e. The van der Waals surface area contributed by atoms with Crippen molar-refractivity contribution in [3.63, 3.8) is 0 Å². The van der Waals surface area contributed by atoms with Crippen LogP contribution in [-0.2, 0) is 0 Å². The minimum atomic E-state index is -0.577. The SMILES string of the molecule is NNc1ncc([N+](=O)[O-])c(OCCC2CC2)n1. The van der Waals surface area contributed by atoms with Crippen molar-refractivity contribution >= 4 is 11.6 Å². The smallest absolute Gasteiger partial charge is 0.349 e. The van der Waals surface area contributed by atoms with Gasteiger partial charge in [0.1, 0.15) is 6.20 Å². The second-order valence-electron chi connectivity index (χ2n) is 3.87. The van der Waals surface area contributed by atoms with Gasteiger partial charge in [0.15, 0.2) is 0 Å². The van der Waals surface area contributed by atoms with E-state index in [0.29, 0.717) is 12.5 Å². The minimum absolute atomic E-state index is 0.0430. The fourth-order valence-electron chi connectivity index (χ4n) is 1.39. The fourth-order valence-corrected chi connectivity index (χ4v) is 1.39. The highest BCUT2D eigenvalue weighted by atomic mass is 16.6. The van der Waals surface area contributed by atoms with Gasteiger partial charge in [-0.05, 0) is 12.3 Å². The normalized spacial score (nSPS) is 14.4. The number of anilines is 1. The predicted octanol–water partition coefficient (Wildman–Crippen LogP) is 0.849. The van der Waals surface area contributed by atoms with Gasteiger partial charge < -0.3 is 4.74 Å². The molecule has 92 valence electrons. The number of nitrogens with zero attached hydrogens (tertiary/aromatic N) is 3. The van der Waals surface area contributed by atoms with E-state index >= 15 is 0 Å². The summed E-state index contributed by atoms with van der Waals surface area (Å²) in [7, 11) is 0. The molecule has 0 bridgehead atoms. The van der Waals surface area contributed by atoms with Crippen LogP contribution < -0.4 is 16.0 Å². The molecule has 1 aromatic heterocycles. The Labute approximate surface area is 97.3 Å². The van der Waals surface area contributed by atoms with E-state index in [2.05, 4.69) is 15.4 Å². The van der Waals surface area contributed by atoms with Crippen molar-refractivity contribution in [2.75, 3.05) is 12.0 Å². The van der Waals surface area contributed by atoms with Crippen LogP contribution >= 0.6 is 0 Å². The predicted molar refractivity (Wildman–Crippen MR) is 59.3 cm³/mol. The zero-order valence-corrected chi connectivity index (χ0v) is 9.13. The fraction of sp³-hybridized carbons (Fsp3) is 0.556. The quantitative estimate of drug-likeness (QED) is 0.429. The van der Waals surface area contributed by atoms with Crippen LogP contribution in [0, 0.1) is 16.0 Å². The van der Waals surface area contributed by atoms with Gasteiger partial charge >= 0.3 is 5.69 Å². The third-order valence-electron chi connectivity index (χ3n) is 2.52. The number of hydrogen-bond donors (Lipinski definition) is 2. The van der Waals surface area contributed by atoms with Gasteiger partial charge in [-0.1, -0.05) is 12.8 Å². The molecule has 1 aromatic rings. The second kappa shape index (κ2) is 4.91. The van der Waals surface area contributed by atoms with Crippen LogP contribution in [0.25, 0.3) is 0 Å². The maximum absolute atomic E-state index is 10.7. The van der Waals surface area contributed by atoms with Crippen LogP contribution in [0.4, 0.5) is 11.6 Å². The highest BCUT2D eigenvalue weighted by molar-refractivity contribution is 5.42. The van der Waals surface area contributed by atoms with E-state index < -0.39 is 4.92 Å². The number of nitro groups is 1. The lowest BCUT2D eigenvalue weighted by molar-refractivity contribution is -0.386. The van der Waals surface area contributed by atoms with Gasteiger partial charge in [-0.25, -0.2) is 10.8 Å². The molecule has 3 N–H and O–H groups in total. The van der Waals surface area contributed by atoms with Crippen molar-refractivity contribution in [2.45, 2.75) is 19.3 Å². The van der Waals surface area contributed by atoms with Crippen LogP contribution in [0.2, 0.25) is 0 Å². The van der Waals surface area contributed by atoms with Crippen LogP contribution in [-0.4, -0.2) is 21.5 Å². The zero-order chi connectivity index (χ0) is 12.3. The number of ether oxygens (including phenoxy) is 1. The number of hydrazine groups is 1. The molecule has 2 rings (SSSR count). The van der Waals surface area contributed by atoms with Gasteiger partial charge in [-0.3, -0.25) is 15.5 Å². The summed E-state index contributed by atoms with van der Waals surface area (Å²) in [5.74, 6) is 5.88. The topological polar surface area (TPSA) is 116 Å². The molecule has 0 spiro atoms. The van der Waals surface area contributed by atoms with Crippen molar-refractivity contribution in [1.29, 1.82) is 0 Å². The highest BCUT2D eigenvalue weighted by Crippen LogP contribution is 2.33. The Bertz CT molecular complexity index is 421. The first-order valence-corrected chi connectivity index (χ1v) is 5.31. The molecule has 8 heteroatoms. The summed E-state index contributed by atoms with van der Waals surface area (Å²) in [4.78, 5) is 17.6.